The summed E-state index contributed by atoms with van der Waals surface area (Å²) in [4.78, 5) is 0. The van der Waals surface area contributed by atoms with Gasteiger partial charge in [-0.2, -0.15) is 0 Å². The van der Waals surface area contributed by atoms with Gasteiger partial charge in [0.05, 0.1) is 33.0 Å². The topological polar surface area (TPSA) is 39.7 Å². The van der Waals surface area contributed by atoms with E-state index in [9.17, 15) is 0 Å². The molecule has 0 spiro atoms. The van der Waals surface area contributed by atoms with Crippen molar-refractivity contribution in [3.63, 3.8) is 0 Å². The standard InChI is InChI=1S/C12H27NO3/c1-5-11(2)12(13-3)10-16-9-8-15-7-6-14-4/h11-13H,5-10H2,1-4H3. The molecule has 4 heteroatoms. The average Bonchev–Trinajstić information content (AvgIpc) is 2.32. The van der Waals surface area contributed by atoms with Gasteiger partial charge in [0, 0.05) is 13.2 Å². The molecule has 0 saturated carbocycles. The van der Waals surface area contributed by atoms with E-state index in [4.69, 9.17) is 14.2 Å². The minimum atomic E-state index is 0.434. The molecule has 98 valence electrons. The molecular weight excluding hydrogens is 206 g/mol. The number of hydrogen-bond donors (Lipinski definition) is 1. The number of rotatable bonds is 11. The SMILES string of the molecule is CCC(C)C(COCCOCCOC)NC. The predicted octanol–water partition coefficient (Wildman–Crippen LogP) is 1.30. The van der Waals surface area contributed by atoms with Gasteiger partial charge in [-0.05, 0) is 13.0 Å². The molecule has 1 N–H and O–H groups in total. The molecule has 0 bridgehead atoms. The van der Waals surface area contributed by atoms with Crippen LogP contribution in [0.15, 0.2) is 0 Å². The first-order valence-electron chi connectivity index (χ1n) is 6.07. The van der Waals surface area contributed by atoms with Gasteiger partial charge in [-0.1, -0.05) is 20.3 Å². The fourth-order valence-corrected chi connectivity index (χ4v) is 1.39. The smallest absolute Gasteiger partial charge is 0.0701 e. The minimum absolute atomic E-state index is 0.434. The van der Waals surface area contributed by atoms with Crippen LogP contribution < -0.4 is 5.32 Å². The zero-order valence-electron chi connectivity index (χ0n) is 11.1. The van der Waals surface area contributed by atoms with Crippen LogP contribution >= 0.6 is 0 Å². The van der Waals surface area contributed by atoms with Crippen molar-refractivity contribution in [2.45, 2.75) is 26.3 Å². The number of methoxy groups -OCH3 is 1. The van der Waals surface area contributed by atoms with Crippen LogP contribution in [0.4, 0.5) is 0 Å². The quantitative estimate of drug-likeness (QED) is 0.546. The molecule has 0 aliphatic carbocycles. The lowest BCUT2D eigenvalue weighted by atomic mass is 10.0. The highest BCUT2D eigenvalue weighted by Crippen LogP contribution is 2.07. The number of likely N-dealkylation sites (N-methyl/N-ethyl adjacent to an activating group) is 1. The van der Waals surface area contributed by atoms with Crippen LogP contribution in [0.5, 0.6) is 0 Å². The Labute approximate surface area is 99.6 Å². The van der Waals surface area contributed by atoms with Gasteiger partial charge in [0.25, 0.3) is 0 Å². The summed E-state index contributed by atoms with van der Waals surface area (Å²) in [6.45, 7) is 7.76. The minimum Gasteiger partial charge on any atom is -0.382 e. The lowest BCUT2D eigenvalue weighted by molar-refractivity contribution is 0.0161. The van der Waals surface area contributed by atoms with Gasteiger partial charge in [0.15, 0.2) is 0 Å². The molecular formula is C12H27NO3. The highest BCUT2D eigenvalue weighted by atomic mass is 16.5. The normalized spacial score (nSPS) is 15.0. The second kappa shape index (κ2) is 11.3. The lowest BCUT2D eigenvalue weighted by Gasteiger charge is -2.22. The first kappa shape index (κ1) is 15.8. The third-order valence-corrected chi connectivity index (χ3v) is 2.80. The zero-order chi connectivity index (χ0) is 12.2. The maximum absolute atomic E-state index is 5.56. The third kappa shape index (κ3) is 8.05. The molecule has 0 fully saturated rings. The van der Waals surface area contributed by atoms with E-state index in [0.717, 1.165) is 6.61 Å². The summed E-state index contributed by atoms with van der Waals surface area (Å²) in [5, 5.41) is 3.28. The maximum Gasteiger partial charge on any atom is 0.0701 e. The molecule has 2 atom stereocenters. The van der Waals surface area contributed by atoms with Gasteiger partial charge in [-0.15, -0.1) is 0 Å². The molecule has 0 amide bonds. The van der Waals surface area contributed by atoms with Crippen molar-refractivity contribution in [3.05, 3.63) is 0 Å². The lowest BCUT2D eigenvalue weighted by Crippen LogP contribution is -2.36. The van der Waals surface area contributed by atoms with Crippen molar-refractivity contribution >= 4 is 0 Å². The molecule has 16 heavy (non-hydrogen) atoms. The first-order valence-corrected chi connectivity index (χ1v) is 6.07. The van der Waals surface area contributed by atoms with Crippen molar-refractivity contribution in [1.29, 1.82) is 0 Å². The van der Waals surface area contributed by atoms with Gasteiger partial charge in [0.1, 0.15) is 0 Å². The van der Waals surface area contributed by atoms with Gasteiger partial charge in [0.2, 0.25) is 0 Å². The van der Waals surface area contributed by atoms with E-state index < -0.39 is 0 Å². The zero-order valence-corrected chi connectivity index (χ0v) is 11.1. The fraction of sp³-hybridized carbons (Fsp3) is 1.00. The number of ether oxygens (including phenoxy) is 3. The van der Waals surface area contributed by atoms with E-state index in [1.165, 1.54) is 6.42 Å². The van der Waals surface area contributed by atoms with Gasteiger partial charge in [-0.25, -0.2) is 0 Å². The van der Waals surface area contributed by atoms with Crippen LogP contribution in [0.3, 0.4) is 0 Å². The van der Waals surface area contributed by atoms with E-state index in [1.54, 1.807) is 7.11 Å². The Bertz CT molecular complexity index is 144. The summed E-state index contributed by atoms with van der Waals surface area (Å²) in [6.07, 6.45) is 1.17. The van der Waals surface area contributed by atoms with E-state index in [-0.39, 0.29) is 0 Å². The summed E-state index contributed by atoms with van der Waals surface area (Å²) in [6, 6.07) is 0.434. The molecule has 0 aliphatic heterocycles. The van der Waals surface area contributed by atoms with Crippen LogP contribution in [-0.2, 0) is 14.2 Å². The van der Waals surface area contributed by atoms with Crippen molar-refractivity contribution < 1.29 is 14.2 Å². The Morgan fingerprint density at radius 1 is 1.06 bits per heavy atom. The third-order valence-electron chi connectivity index (χ3n) is 2.80. The average molecular weight is 233 g/mol. The molecule has 0 aliphatic rings. The molecule has 0 rings (SSSR count). The second-order valence-electron chi connectivity index (χ2n) is 3.96. The monoisotopic (exact) mass is 233 g/mol. The Balaban J connectivity index is 3.34. The van der Waals surface area contributed by atoms with Gasteiger partial charge in [-0.3, -0.25) is 0 Å². The van der Waals surface area contributed by atoms with E-state index in [2.05, 4.69) is 19.2 Å². The Hall–Kier alpha value is -0.160. The molecule has 4 nitrogen and oxygen atoms in total. The molecule has 2 unspecified atom stereocenters. The molecule has 0 saturated heterocycles. The van der Waals surface area contributed by atoms with Crippen molar-refractivity contribution in [1.82, 2.24) is 5.32 Å². The summed E-state index contributed by atoms with van der Waals surface area (Å²) in [5.74, 6) is 0.638. The summed E-state index contributed by atoms with van der Waals surface area (Å²) in [5.41, 5.74) is 0. The number of nitrogens with one attached hydrogen (secondary N) is 1. The fourth-order valence-electron chi connectivity index (χ4n) is 1.39. The van der Waals surface area contributed by atoms with Gasteiger partial charge < -0.3 is 19.5 Å². The van der Waals surface area contributed by atoms with Crippen LogP contribution in [0.2, 0.25) is 0 Å². The largest absolute Gasteiger partial charge is 0.382 e. The summed E-state index contributed by atoms with van der Waals surface area (Å²) < 4.78 is 15.7. The van der Waals surface area contributed by atoms with E-state index in [1.807, 2.05) is 7.05 Å². The van der Waals surface area contributed by atoms with Crippen LogP contribution in [-0.4, -0.2) is 53.2 Å². The van der Waals surface area contributed by atoms with Crippen LogP contribution in [0, 0.1) is 5.92 Å². The molecule has 0 heterocycles. The van der Waals surface area contributed by atoms with Crippen molar-refractivity contribution in [2.24, 2.45) is 5.92 Å². The Kier molecular flexibility index (Phi) is 11.2. The maximum atomic E-state index is 5.56. The van der Waals surface area contributed by atoms with Gasteiger partial charge >= 0.3 is 0 Å². The molecule has 0 radical (unpaired) electrons. The predicted molar refractivity (Wildman–Crippen MR) is 65.8 cm³/mol. The summed E-state index contributed by atoms with van der Waals surface area (Å²) in [7, 11) is 3.65. The first-order chi connectivity index (χ1) is 7.76. The second-order valence-corrected chi connectivity index (χ2v) is 3.96. The van der Waals surface area contributed by atoms with Crippen LogP contribution in [0.1, 0.15) is 20.3 Å². The van der Waals surface area contributed by atoms with E-state index >= 15 is 0 Å². The van der Waals surface area contributed by atoms with Crippen LogP contribution in [0.25, 0.3) is 0 Å². The summed E-state index contributed by atoms with van der Waals surface area (Å²) >= 11 is 0. The van der Waals surface area contributed by atoms with Crippen molar-refractivity contribution in [3.8, 4) is 0 Å². The Morgan fingerprint density at radius 3 is 2.25 bits per heavy atom. The van der Waals surface area contributed by atoms with Crippen molar-refractivity contribution in [2.75, 3.05) is 47.2 Å². The molecule has 0 aromatic heterocycles. The number of hydrogen-bond acceptors (Lipinski definition) is 4. The molecule has 0 aromatic carbocycles. The highest BCUT2D eigenvalue weighted by molar-refractivity contribution is 4.69. The Morgan fingerprint density at radius 2 is 1.69 bits per heavy atom. The molecule has 0 aromatic rings. The van der Waals surface area contributed by atoms with E-state index in [0.29, 0.717) is 38.4 Å². The highest BCUT2D eigenvalue weighted by Gasteiger charge is 2.13.